The molecule has 0 aliphatic heterocycles. The zero-order valence-corrected chi connectivity index (χ0v) is 8.90. The summed E-state index contributed by atoms with van der Waals surface area (Å²) in [7, 11) is 0. The highest BCUT2D eigenvalue weighted by atomic mass is 16.3. The average Bonchev–Trinajstić information content (AvgIpc) is 2.32. The largest absolute Gasteiger partial charge is 0.397 e. The minimum atomic E-state index is 0.0332. The minimum absolute atomic E-state index is 0.0332. The molecule has 0 aliphatic rings. The Morgan fingerprint density at radius 1 is 0.765 bits per heavy atom. The molecule has 0 aliphatic carbocycles. The molecule has 0 atom stereocenters. The van der Waals surface area contributed by atoms with Crippen molar-refractivity contribution < 1.29 is 0 Å². The van der Waals surface area contributed by atoms with Crippen molar-refractivity contribution in [2.75, 3.05) is 28.7 Å². The van der Waals surface area contributed by atoms with Crippen LogP contribution in [-0.4, -0.2) is 0 Å². The van der Waals surface area contributed by atoms with Crippen LogP contribution in [0.2, 0.25) is 0 Å². The van der Waals surface area contributed by atoms with Crippen LogP contribution in [0.1, 0.15) is 0 Å². The van der Waals surface area contributed by atoms with Gasteiger partial charge < -0.3 is 28.7 Å². The highest BCUT2D eigenvalue weighted by Crippen LogP contribution is 2.41. The molecule has 0 radical (unpaired) electrons. The van der Waals surface area contributed by atoms with Crippen molar-refractivity contribution >= 4 is 44.9 Å². The Kier molecular flexibility index (Phi) is 2.17. The van der Waals surface area contributed by atoms with Gasteiger partial charge in [0.15, 0.2) is 0 Å². The fourth-order valence-corrected chi connectivity index (χ4v) is 1.71. The third-order valence-corrected chi connectivity index (χ3v) is 2.72. The summed E-state index contributed by atoms with van der Waals surface area (Å²) in [6.45, 7) is 0. The van der Waals surface area contributed by atoms with Crippen LogP contribution >= 0.6 is 0 Å². The summed E-state index contributed by atoms with van der Waals surface area (Å²) in [5.41, 5.74) is 29.9. The molecule has 0 bridgehead atoms. The number of hydrogen-bond acceptors (Lipinski definition) is 7. The predicted octanol–water partition coefficient (Wildman–Crippen LogP) is 1.15. The molecule has 0 heterocycles. The van der Waals surface area contributed by atoms with Crippen molar-refractivity contribution in [3.05, 3.63) is 17.0 Å². The lowest BCUT2D eigenvalue weighted by Crippen LogP contribution is -2.03. The zero-order valence-electron chi connectivity index (χ0n) is 8.90. The molecule has 17 heavy (non-hydrogen) atoms. The van der Waals surface area contributed by atoms with Gasteiger partial charge in [-0.3, -0.25) is 0 Å². The van der Waals surface area contributed by atoms with Gasteiger partial charge in [0.1, 0.15) is 5.69 Å². The number of nitrogens with two attached hydrogens (primary N) is 5. The molecule has 2 aromatic carbocycles. The van der Waals surface area contributed by atoms with E-state index in [4.69, 9.17) is 28.7 Å². The molecule has 7 nitrogen and oxygen atoms in total. The maximum atomic E-state index is 10.6. The summed E-state index contributed by atoms with van der Waals surface area (Å²) >= 11 is 0. The predicted molar refractivity (Wildman–Crippen MR) is 71.5 cm³/mol. The Morgan fingerprint density at radius 3 is 1.88 bits per heavy atom. The smallest absolute Gasteiger partial charge is 0.133 e. The third-order valence-electron chi connectivity index (χ3n) is 2.72. The number of hydrogen-bond donors (Lipinski definition) is 5. The van der Waals surface area contributed by atoms with E-state index >= 15 is 0 Å². The van der Waals surface area contributed by atoms with Crippen LogP contribution in [0.25, 0.3) is 10.8 Å². The fraction of sp³-hybridized carbons (Fsp3) is 0. The van der Waals surface area contributed by atoms with E-state index in [2.05, 4.69) is 5.18 Å². The highest BCUT2D eigenvalue weighted by molar-refractivity contribution is 6.12. The Bertz CT molecular complexity index is 637. The van der Waals surface area contributed by atoms with Gasteiger partial charge in [-0.2, -0.15) is 0 Å². The molecule has 0 aromatic heterocycles. The van der Waals surface area contributed by atoms with E-state index in [-0.39, 0.29) is 28.4 Å². The van der Waals surface area contributed by atoms with Crippen LogP contribution in [0.3, 0.4) is 0 Å². The second-order valence-electron chi connectivity index (χ2n) is 3.70. The van der Waals surface area contributed by atoms with Gasteiger partial charge in [-0.25, -0.2) is 0 Å². The van der Waals surface area contributed by atoms with Crippen LogP contribution in [-0.2, 0) is 0 Å². The third kappa shape index (κ3) is 1.36. The molecule has 2 aromatic rings. The lowest BCUT2D eigenvalue weighted by Gasteiger charge is -2.12. The number of nitroso groups, excluding NO2 is 1. The van der Waals surface area contributed by atoms with Crippen molar-refractivity contribution in [3.63, 3.8) is 0 Å². The van der Waals surface area contributed by atoms with E-state index in [1.165, 1.54) is 6.07 Å². The van der Waals surface area contributed by atoms with Gasteiger partial charge in [0.2, 0.25) is 0 Å². The molecule has 0 fully saturated rings. The lowest BCUT2D eigenvalue weighted by atomic mass is 10.0. The van der Waals surface area contributed by atoms with E-state index in [0.29, 0.717) is 16.5 Å². The van der Waals surface area contributed by atoms with Gasteiger partial charge >= 0.3 is 0 Å². The Morgan fingerprint density at radius 2 is 1.29 bits per heavy atom. The van der Waals surface area contributed by atoms with E-state index in [1.54, 1.807) is 6.07 Å². The van der Waals surface area contributed by atoms with Crippen LogP contribution in [0.5, 0.6) is 0 Å². The Balaban J connectivity index is 3.02. The van der Waals surface area contributed by atoms with Crippen molar-refractivity contribution in [2.24, 2.45) is 5.18 Å². The molecule has 88 valence electrons. The number of fused-ring (bicyclic) bond motifs is 1. The molecule has 0 saturated heterocycles. The number of anilines is 5. The fourth-order valence-electron chi connectivity index (χ4n) is 1.71. The molecular weight excluding hydrogens is 220 g/mol. The standard InChI is InChI=1S/C10H12N6O/c11-5-1-3-4(7(12)9(5)14)2-6(16-17)10(15)8(3)13/h1-2H,11-15H2. The van der Waals surface area contributed by atoms with Crippen LogP contribution in [0.15, 0.2) is 17.3 Å². The van der Waals surface area contributed by atoms with E-state index < -0.39 is 0 Å². The van der Waals surface area contributed by atoms with Crippen LogP contribution in [0.4, 0.5) is 34.1 Å². The van der Waals surface area contributed by atoms with Crippen molar-refractivity contribution in [1.82, 2.24) is 0 Å². The SMILES string of the molecule is Nc1cc2c(N)c(N)c(N=O)cc2c(N)c1N. The average molecular weight is 232 g/mol. The number of nitrogen functional groups attached to an aromatic ring is 5. The number of benzene rings is 2. The monoisotopic (exact) mass is 232 g/mol. The first kappa shape index (κ1) is 10.8. The molecule has 0 spiro atoms. The second kappa shape index (κ2) is 3.41. The lowest BCUT2D eigenvalue weighted by molar-refractivity contribution is 1.51. The van der Waals surface area contributed by atoms with Gasteiger partial charge in [0.05, 0.1) is 28.4 Å². The Hall–Kier alpha value is -2.70. The zero-order chi connectivity index (χ0) is 12.7. The van der Waals surface area contributed by atoms with Gasteiger partial charge in [-0.1, -0.05) is 0 Å². The van der Waals surface area contributed by atoms with Crippen molar-refractivity contribution in [3.8, 4) is 0 Å². The van der Waals surface area contributed by atoms with E-state index in [1.807, 2.05) is 0 Å². The van der Waals surface area contributed by atoms with Gasteiger partial charge in [0.25, 0.3) is 0 Å². The summed E-state index contributed by atoms with van der Waals surface area (Å²) in [4.78, 5) is 10.6. The first-order chi connectivity index (χ1) is 7.97. The van der Waals surface area contributed by atoms with Gasteiger partial charge in [-0.15, -0.1) is 4.91 Å². The van der Waals surface area contributed by atoms with Crippen molar-refractivity contribution in [1.29, 1.82) is 0 Å². The van der Waals surface area contributed by atoms with Gasteiger partial charge in [0, 0.05) is 10.8 Å². The first-order valence-electron chi connectivity index (χ1n) is 4.75. The molecule has 10 N–H and O–H groups in total. The molecule has 7 heteroatoms. The number of nitrogens with zero attached hydrogens (tertiary/aromatic N) is 1. The molecular formula is C10H12N6O. The maximum absolute atomic E-state index is 10.6. The molecule has 0 amide bonds. The Labute approximate surface area is 96.5 Å². The van der Waals surface area contributed by atoms with Crippen LogP contribution < -0.4 is 28.7 Å². The normalized spacial score (nSPS) is 10.6. The molecule has 0 unspecified atom stereocenters. The summed E-state index contributed by atoms with van der Waals surface area (Å²) in [5, 5.41) is 3.86. The molecule has 2 rings (SSSR count). The quantitative estimate of drug-likeness (QED) is 0.366. The first-order valence-corrected chi connectivity index (χ1v) is 4.75. The topological polar surface area (TPSA) is 160 Å². The summed E-state index contributed by atoms with van der Waals surface area (Å²) in [6, 6.07) is 3.01. The van der Waals surface area contributed by atoms with E-state index in [0.717, 1.165) is 0 Å². The minimum Gasteiger partial charge on any atom is -0.397 e. The highest BCUT2D eigenvalue weighted by Gasteiger charge is 2.14. The van der Waals surface area contributed by atoms with E-state index in [9.17, 15) is 4.91 Å². The molecule has 0 saturated carbocycles. The van der Waals surface area contributed by atoms with Crippen LogP contribution in [0, 0.1) is 4.91 Å². The second-order valence-corrected chi connectivity index (χ2v) is 3.70. The summed E-state index contributed by atoms with van der Waals surface area (Å²) < 4.78 is 0. The van der Waals surface area contributed by atoms with Gasteiger partial charge in [-0.05, 0) is 17.3 Å². The summed E-state index contributed by atoms with van der Waals surface area (Å²) in [5.74, 6) is 0. The summed E-state index contributed by atoms with van der Waals surface area (Å²) in [6.07, 6.45) is 0. The van der Waals surface area contributed by atoms with Crippen molar-refractivity contribution in [2.45, 2.75) is 0 Å². The number of rotatable bonds is 1. The maximum Gasteiger partial charge on any atom is 0.133 e.